The second kappa shape index (κ2) is 3.41. The Morgan fingerprint density at radius 3 is 2.75 bits per heavy atom. The fourth-order valence-electron chi connectivity index (χ4n) is 1.73. The molecule has 0 aromatic carbocycles. The number of aryl methyl sites for hydroxylation is 1. The summed E-state index contributed by atoms with van der Waals surface area (Å²) in [6.45, 7) is 2.02. The van der Waals surface area contributed by atoms with Crippen molar-refractivity contribution in [2.24, 2.45) is 0 Å². The van der Waals surface area contributed by atoms with Gasteiger partial charge in [-0.15, -0.1) is 0 Å². The van der Waals surface area contributed by atoms with E-state index in [9.17, 15) is 0 Å². The van der Waals surface area contributed by atoms with Crippen LogP contribution < -0.4 is 0 Å². The Bertz CT molecular complexity index is 642. The van der Waals surface area contributed by atoms with E-state index in [1.807, 2.05) is 35.9 Å². The number of nitrogens with zero attached hydrogens (tertiary/aromatic N) is 4. The Hall–Kier alpha value is -2.23. The van der Waals surface area contributed by atoms with Crippen LogP contribution >= 0.6 is 0 Å². The van der Waals surface area contributed by atoms with Crippen LogP contribution in [0.15, 0.2) is 42.9 Å². The molecule has 0 radical (unpaired) electrons. The van der Waals surface area contributed by atoms with Crippen molar-refractivity contribution < 1.29 is 0 Å². The molecule has 0 bridgehead atoms. The molecule has 78 valence electrons. The summed E-state index contributed by atoms with van der Waals surface area (Å²) < 4.78 is 1.82. The van der Waals surface area contributed by atoms with E-state index in [0.717, 1.165) is 22.4 Å². The molecular weight excluding hydrogens is 200 g/mol. The molecule has 0 amide bonds. The zero-order valence-corrected chi connectivity index (χ0v) is 8.83. The van der Waals surface area contributed by atoms with Gasteiger partial charge >= 0.3 is 0 Å². The van der Waals surface area contributed by atoms with Crippen molar-refractivity contribution >= 4 is 11.0 Å². The van der Waals surface area contributed by atoms with Crippen molar-refractivity contribution in [2.75, 3.05) is 0 Å². The lowest BCUT2D eigenvalue weighted by atomic mass is 10.3. The summed E-state index contributed by atoms with van der Waals surface area (Å²) >= 11 is 0. The summed E-state index contributed by atoms with van der Waals surface area (Å²) in [6.07, 6.45) is 5.29. The van der Waals surface area contributed by atoms with E-state index in [4.69, 9.17) is 0 Å². The predicted molar refractivity (Wildman–Crippen MR) is 61.4 cm³/mol. The molecule has 4 heteroatoms. The van der Waals surface area contributed by atoms with Crippen LogP contribution in [0.5, 0.6) is 0 Å². The average molecular weight is 210 g/mol. The van der Waals surface area contributed by atoms with Gasteiger partial charge < -0.3 is 0 Å². The first-order valence-electron chi connectivity index (χ1n) is 5.07. The monoisotopic (exact) mass is 210 g/mol. The molecule has 0 aliphatic rings. The molecule has 0 spiro atoms. The van der Waals surface area contributed by atoms with Crippen LogP contribution in [0, 0.1) is 6.92 Å². The zero-order chi connectivity index (χ0) is 11.0. The maximum Gasteiger partial charge on any atom is 0.156 e. The summed E-state index contributed by atoms with van der Waals surface area (Å²) in [5.41, 5.74) is 2.95. The van der Waals surface area contributed by atoms with Crippen molar-refractivity contribution in [2.45, 2.75) is 6.92 Å². The van der Waals surface area contributed by atoms with Gasteiger partial charge in [-0.2, -0.15) is 5.10 Å². The third-order valence-electron chi connectivity index (χ3n) is 2.52. The minimum atomic E-state index is 0.852. The molecule has 3 aromatic heterocycles. The van der Waals surface area contributed by atoms with Gasteiger partial charge in [0.2, 0.25) is 0 Å². The molecule has 0 unspecified atom stereocenters. The smallest absolute Gasteiger partial charge is 0.156 e. The van der Waals surface area contributed by atoms with E-state index in [1.165, 1.54) is 0 Å². The predicted octanol–water partition coefficient (Wildman–Crippen LogP) is 2.12. The van der Waals surface area contributed by atoms with Crippen LogP contribution in [0.4, 0.5) is 0 Å². The Balaban J connectivity index is 2.31. The average Bonchev–Trinajstić information content (AvgIpc) is 2.74. The SMILES string of the molecule is Cc1cccnc1-n1ncc2ncccc21. The number of aromatic nitrogens is 4. The lowest BCUT2D eigenvalue weighted by Crippen LogP contribution is -2.01. The summed E-state index contributed by atoms with van der Waals surface area (Å²) in [5.74, 6) is 0.852. The van der Waals surface area contributed by atoms with Crippen LogP contribution in [0.2, 0.25) is 0 Å². The quantitative estimate of drug-likeness (QED) is 0.618. The van der Waals surface area contributed by atoms with Crippen LogP contribution in [0.25, 0.3) is 16.9 Å². The second-order valence-electron chi connectivity index (χ2n) is 3.61. The highest BCUT2D eigenvalue weighted by atomic mass is 15.3. The van der Waals surface area contributed by atoms with Gasteiger partial charge in [-0.25, -0.2) is 9.67 Å². The van der Waals surface area contributed by atoms with Crippen molar-refractivity contribution in [1.29, 1.82) is 0 Å². The maximum absolute atomic E-state index is 4.34. The molecule has 0 aliphatic heterocycles. The van der Waals surface area contributed by atoms with E-state index >= 15 is 0 Å². The summed E-state index contributed by atoms with van der Waals surface area (Å²) in [4.78, 5) is 8.59. The number of rotatable bonds is 1. The van der Waals surface area contributed by atoms with Gasteiger partial charge in [0.05, 0.1) is 11.7 Å². The normalized spacial score (nSPS) is 10.8. The lowest BCUT2D eigenvalue weighted by molar-refractivity contribution is 0.865. The van der Waals surface area contributed by atoms with Crippen molar-refractivity contribution in [3.63, 3.8) is 0 Å². The summed E-state index contributed by atoms with van der Waals surface area (Å²) in [7, 11) is 0. The molecule has 0 atom stereocenters. The highest BCUT2D eigenvalue weighted by molar-refractivity contribution is 5.75. The summed E-state index contributed by atoms with van der Waals surface area (Å²) in [5, 5.41) is 4.32. The van der Waals surface area contributed by atoms with E-state index in [1.54, 1.807) is 18.6 Å². The zero-order valence-electron chi connectivity index (χ0n) is 8.83. The topological polar surface area (TPSA) is 43.6 Å². The highest BCUT2D eigenvalue weighted by Crippen LogP contribution is 2.16. The fourth-order valence-corrected chi connectivity index (χ4v) is 1.73. The minimum absolute atomic E-state index is 0.852. The van der Waals surface area contributed by atoms with Crippen LogP contribution in [0.1, 0.15) is 5.56 Å². The molecule has 16 heavy (non-hydrogen) atoms. The van der Waals surface area contributed by atoms with Gasteiger partial charge in [0.25, 0.3) is 0 Å². The van der Waals surface area contributed by atoms with Crippen molar-refractivity contribution in [3.05, 3.63) is 48.4 Å². The first-order valence-corrected chi connectivity index (χ1v) is 5.07. The molecule has 4 nitrogen and oxygen atoms in total. The van der Waals surface area contributed by atoms with E-state index in [2.05, 4.69) is 15.1 Å². The fraction of sp³-hybridized carbons (Fsp3) is 0.0833. The number of fused-ring (bicyclic) bond motifs is 1. The van der Waals surface area contributed by atoms with Gasteiger partial charge in [-0.1, -0.05) is 6.07 Å². The third-order valence-corrected chi connectivity index (χ3v) is 2.52. The van der Waals surface area contributed by atoms with Crippen molar-refractivity contribution in [1.82, 2.24) is 19.7 Å². The number of hydrogen-bond acceptors (Lipinski definition) is 3. The first-order chi connectivity index (χ1) is 7.86. The Labute approximate surface area is 92.6 Å². The minimum Gasteiger partial charge on any atom is -0.253 e. The van der Waals surface area contributed by atoms with Gasteiger partial charge in [0, 0.05) is 12.4 Å². The summed E-state index contributed by atoms with van der Waals surface area (Å²) in [6, 6.07) is 7.83. The molecule has 0 fully saturated rings. The van der Waals surface area contributed by atoms with Crippen LogP contribution in [-0.4, -0.2) is 19.7 Å². The molecule has 0 aliphatic carbocycles. The van der Waals surface area contributed by atoms with E-state index < -0.39 is 0 Å². The maximum atomic E-state index is 4.34. The molecule has 0 saturated heterocycles. The van der Waals surface area contributed by atoms with Crippen LogP contribution in [0.3, 0.4) is 0 Å². The van der Waals surface area contributed by atoms with E-state index in [0.29, 0.717) is 0 Å². The largest absolute Gasteiger partial charge is 0.253 e. The van der Waals surface area contributed by atoms with Gasteiger partial charge in [-0.3, -0.25) is 4.98 Å². The first kappa shape index (κ1) is 9.03. The third kappa shape index (κ3) is 1.27. The standard InChI is InChI=1S/C12H10N4/c1-9-4-2-7-14-12(9)16-11-5-3-6-13-10(11)8-15-16/h2-8H,1H3. The molecule has 0 saturated carbocycles. The Kier molecular flexibility index (Phi) is 1.93. The number of hydrogen-bond donors (Lipinski definition) is 0. The molecule has 3 heterocycles. The van der Waals surface area contributed by atoms with Gasteiger partial charge in [0.15, 0.2) is 5.82 Å². The van der Waals surface area contributed by atoms with Gasteiger partial charge in [-0.05, 0) is 30.7 Å². The lowest BCUT2D eigenvalue weighted by Gasteiger charge is -2.04. The molecule has 3 rings (SSSR count). The Morgan fingerprint density at radius 1 is 1.06 bits per heavy atom. The van der Waals surface area contributed by atoms with E-state index in [-0.39, 0.29) is 0 Å². The van der Waals surface area contributed by atoms with Crippen molar-refractivity contribution in [3.8, 4) is 5.82 Å². The number of pyridine rings is 2. The second-order valence-corrected chi connectivity index (χ2v) is 3.61. The Morgan fingerprint density at radius 2 is 1.88 bits per heavy atom. The molecule has 0 N–H and O–H groups in total. The molecular formula is C12H10N4. The van der Waals surface area contributed by atoms with Crippen LogP contribution in [-0.2, 0) is 0 Å². The highest BCUT2D eigenvalue weighted by Gasteiger charge is 2.07. The molecule has 3 aromatic rings. The van der Waals surface area contributed by atoms with Gasteiger partial charge in [0.1, 0.15) is 5.52 Å².